The molecule has 0 aliphatic heterocycles. The van der Waals surface area contributed by atoms with E-state index >= 15 is 0 Å². The Morgan fingerprint density at radius 2 is 1.90 bits per heavy atom. The summed E-state index contributed by atoms with van der Waals surface area (Å²) in [6.07, 6.45) is 0. The second-order valence-corrected chi connectivity index (χ2v) is 6.21. The average molecular weight is 316 g/mol. The van der Waals surface area contributed by atoms with E-state index in [-0.39, 0.29) is 23.5 Å². The lowest BCUT2D eigenvalue weighted by Gasteiger charge is -2.20. The van der Waals surface area contributed by atoms with E-state index in [2.05, 4.69) is 0 Å². The minimum absolute atomic E-state index is 0.0514. The number of nitrogens with two attached hydrogens (primary N) is 1. The van der Waals surface area contributed by atoms with Gasteiger partial charge in [0.05, 0.1) is 10.5 Å². The van der Waals surface area contributed by atoms with E-state index in [1.54, 1.807) is 0 Å². The molecule has 9 heteroatoms. The Hall–Kier alpha value is -1.97. The van der Waals surface area contributed by atoms with E-state index in [1.807, 2.05) is 0 Å². The van der Waals surface area contributed by atoms with Crippen LogP contribution in [0.3, 0.4) is 0 Å². The van der Waals surface area contributed by atoms with Crippen molar-refractivity contribution in [1.82, 2.24) is 4.31 Å². The van der Waals surface area contributed by atoms with Crippen molar-refractivity contribution in [2.75, 3.05) is 19.6 Å². The lowest BCUT2D eigenvalue weighted by atomic mass is 10.1. The number of rotatable bonds is 7. The lowest BCUT2D eigenvalue weighted by Crippen LogP contribution is -2.39. The fourth-order valence-corrected chi connectivity index (χ4v) is 3.38. The number of carboxylic acid groups (broad SMARTS) is 2. The van der Waals surface area contributed by atoms with Crippen molar-refractivity contribution in [3.8, 4) is 0 Å². The van der Waals surface area contributed by atoms with E-state index in [4.69, 9.17) is 15.9 Å². The average Bonchev–Trinajstić information content (AvgIpc) is 2.37. The number of hydrogen-bond donors (Lipinski definition) is 3. The number of sulfonamides is 1. The Morgan fingerprint density at radius 3 is 2.38 bits per heavy atom. The third-order valence-corrected chi connectivity index (χ3v) is 4.73. The van der Waals surface area contributed by atoms with E-state index in [9.17, 15) is 18.0 Å². The SMILES string of the molecule is Cc1ccc(C(=O)O)cc1S(=O)(=O)N(CCN)CC(=O)O. The highest BCUT2D eigenvalue weighted by molar-refractivity contribution is 7.89. The lowest BCUT2D eigenvalue weighted by molar-refractivity contribution is -0.137. The van der Waals surface area contributed by atoms with E-state index in [1.165, 1.54) is 19.1 Å². The molecule has 0 aliphatic carbocycles. The van der Waals surface area contributed by atoms with Gasteiger partial charge in [0.2, 0.25) is 10.0 Å². The van der Waals surface area contributed by atoms with Crippen LogP contribution in [0.4, 0.5) is 0 Å². The second-order valence-electron chi connectivity index (χ2n) is 4.31. The largest absolute Gasteiger partial charge is 0.480 e. The van der Waals surface area contributed by atoms with Gasteiger partial charge in [-0.1, -0.05) is 6.07 Å². The van der Waals surface area contributed by atoms with Crippen molar-refractivity contribution < 1.29 is 28.2 Å². The van der Waals surface area contributed by atoms with Crippen molar-refractivity contribution in [3.63, 3.8) is 0 Å². The zero-order valence-corrected chi connectivity index (χ0v) is 12.1. The monoisotopic (exact) mass is 316 g/mol. The molecule has 1 rings (SSSR count). The zero-order valence-electron chi connectivity index (χ0n) is 11.3. The summed E-state index contributed by atoms with van der Waals surface area (Å²) < 4.78 is 25.6. The van der Waals surface area contributed by atoms with Gasteiger partial charge in [0, 0.05) is 13.1 Å². The normalized spacial score (nSPS) is 11.6. The molecule has 0 unspecified atom stereocenters. The fourth-order valence-electron chi connectivity index (χ4n) is 1.73. The van der Waals surface area contributed by atoms with Gasteiger partial charge in [-0.05, 0) is 24.6 Å². The topological polar surface area (TPSA) is 138 Å². The molecule has 0 saturated carbocycles. The highest BCUT2D eigenvalue weighted by Crippen LogP contribution is 2.21. The predicted octanol–water partition coefficient (Wildman–Crippen LogP) is -0.273. The molecule has 8 nitrogen and oxygen atoms in total. The van der Waals surface area contributed by atoms with Crippen LogP contribution in [0.5, 0.6) is 0 Å². The third kappa shape index (κ3) is 4.00. The molecule has 0 radical (unpaired) electrons. The summed E-state index contributed by atoms with van der Waals surface area (Å²) in [5.74, 6) is -2.59. The van der Waals surface area contributed by atoms with Gasteiger partial charge >= 0.3 is 11.9 Å². The van der Waals surface area contributed by atoms with Crippen LogP contribution in [0.1, 0.15) is 15.9 Å². The van der Waals surface area contributed by atoms with E-state index in [0.717, 1.165) is 6.07 Å². The first kappa shape index (κ1) is 17.1. The molecule has 0 aromatic heterocycles. The summed E-state index contributed by atoms with van der Waals surface area (Å²) in [5.41, 5.74) is 5.44. The first-order chi connectivity index (χ1) is 9.70. The molecule has 0 bridgehead atoms. The van der Waals surface area contributed by atoms with Gasteiger partial charge < -0.3 is 15.9 Å². The predicted molar refractivity (Wildman–Crippen MR) is 73.6 cm³/mol. The standard InChI is InChI=1S/C12H16N2O6S/c1-8-2-3-9(12(17)18)6-10(8)21(19,20)14(5-4-13)7-11(15)16/h2-3,6H,4-5,7,13H2,1H3,(H,15,16)(H,17,18). The molecule has 0 aliphatic rings. The first-order valence-electron chi connectivity index (χ1n) is 5.96. The summed E-state index contributed by atoms with van der Waals surface area (Å²) >= 11 is 0. The number of aryl methyl sites for hydroxylation is 1. The summed E-state index contributed by atoms with van der Waals surface area (Å²) in [5, 5.41) is 17.7. The Morgan fingerprint density at radius 1 is 1.29 bits per heavy atom. The number of carboxylic acids is 2. The second kappa shape index (κ2) is 6.66. The molecule has 4 N–H and O–H groups in total. The van der Waals surface area contributed by atoms with Crippen molar-refractivity contribution in [3.05, 3.63) is 29.3 Å². The van der Waals surface area contributed by atoms with Crippen LogP contribution in [-0.2, 0) is 14.8 Å². The molecule has 0 spiro atoms. The highest BCUT2D eigenvalue weighted by Gasteiger charge is 2.28. The Labute approximate surface area is 121 Å². The summed E-state index contributed by atoms with van der Waals surface area (Å²) in [7, 11) is -4.14. The van der Waals surface area contributed by atoms with Gasteiger partial charge in [0.25, 0.3) is 0 Å². The van der Waals surface area contributed by atoms with Gasteiger partial charge in [-0.15, -0.1) is 0 Å². The molecule has 0 amide bonds. The number of aliphatic carboxylic acids is 1. The summed E-state index contributed by atoms with van der Waals surface area (Å²) in [6.45, 7) is 0.533. The highest BCUT2D eigenvalue weighted by atomic mass is 32.2. The first-order valence-corrected chi connectivity index (χ1v) is 7.40. The maximum absolute atomic E-state index is 12.5. The number of benzene rings is 1. The van der Waals surface area contributed by atoms with Crippen molar-refractivity contribution >= 4 is 22.0 Å². The molecule has 21 heavy (non-hydrogen) atoms. The quantitative estimate of drug-likeness (QED) is 0.629. The summed E-state index contributed by atoms with van der Waals surface area (Å²) in [6, 6.07) is 3.65. The van der Waals surface area contributed by atoms with Crippen molar-refractivity contribution in [2.45, 2.75) is 11.8 Å². The third-order valence-electron chi connectivity index (χ3n) is 2.74. The fraction of sp³-hybridized carbons (Fsp3) is 0.333. The van der Waals surface area contributed by atoms with Crippen LogP contribution in [0.15, 0.2) is 23.1 Å². The van der Waals surface area contributed by atoms with Gasteiger partial charge in [0.1, 0.15) is 6.54 Å². The van der Waals surface area contributed by atoms with Crippen molar-refractivity contribution in [2.24, 2.45) is 5.73 Å². The van der Waals surface area contributed by atoms with Crippen LogP contribution in [0, 0.1) is 6.92 Å². The smallest absolute Gasteiger partial charge is 0.335 e. The molecule has 116 valence electrons. The number of carbonyl (C=O) groups is 2. The van der Waals surface area contributed by atoms with Crippen LogP contribution in [-0.4, -0.2) is 54.5 Å². The van der Waals surface area contributed by atoms with Crippen LogP contribution < -0.4 is 5.73 Å². The minimum atomic E-state index is -4.14. The molecule has 0 atom stereocenters. The molecular formula is C12H16N2O6S. The van der Waals surface area contributed by atoms with Crippen LogP contribution >= 0.6 is 0 Å². The molecule has 1 aromatic rings. The molecule has 0 saturated heterocycles. The number of nitrogens with zero attached hydrogens (tertiary/aromatic N) is 1. The van der Waals surface area contributed by atoms with Gasteiger partial charge in [0.15, 0.2) is 0 Å². The zero-order chi connectivity index (χ0) is 16.2. The Kier molecular flexibility index (Phi) is 5.41. The molecule has 0 fully saturated rings. The number of hydrogen-bond acceptors (Lipinski definition) is 5. The minimum Gasteiger partial charge on any atom is -0.480 e. The number of aromatic carboxylic acids is 1. The molecular weight excluding hydrogens is 300 g/mol. The Bertz CT molecular complexity index is 656. The van der Waals surface area contributed by atoms with Gasteiger partial charge in [-0.25, -0.2) is 13.2 Å². The van der Waals surface area contributed by atoms with E-state index in [0.29, 0.717) is 9.87 Å². The van der Waals surface area contributed by atoms with E-state index < -0.39 is 28.5 Å². The molecule has 0 heterocycles. The van der Waals surface area contributed by atoms with Gasteiger partial charge in [-0.3, -0.25) is 4.79 Å². The Balaban J connectivity index is 3.36. The van der Waals surface area contributed by atoms with Crippen LogP contribution in [0.25, 0.3) is 0 Å². The maximum Gasteiger partial charge on any atom is 0.335 e. The van der Waals surface area contributed by atoms with Crippen molar-refractivity contribution in [1.29, 1.82) is 0 Å². The van der Waals surface area contributed by atoms with Gasteiger partial charge in [-0.2, -0.15) is 4.31 Å². The maximum atomic E-state index is 12.5. The summed E-state index contributed by atoms with van der Waals surface area (Å²) in [4.78, 5) is 21.5. The van der Waals surface area contributed by atoms with Crippen LogP contribution in [0.2, 0.25) is 0 Å². The molecule has 1 aromatic carbocycles.